The molecule has 0 unspecified atom stereocenters. The lowest BCUT2D eigenvalue weighted by Gasteiger charge is -2.26. The molecular formula is C28H33NSi. The highest BCUT2D eigenvalue weighted by Gasteiger charge is 2.41. The van der Waals surface area contributed by atoms with Crippen molar-refractivity contribution >= 4 is 24.0 Å². The van der Waals surface area contributed by atoms with Gasteiger partial charge >= 0.3 is 0 Å². The molecule has 0 saturated heterocycles. The maximum absolute atomic E-state index is 4.92. The second kappa shape index (κ2) is 7.06. The van der Waals surface area contributed by atoms with Crippen LogP contribution in [0.1, 0.15) is 55.5 Å². The van der Waals surface area contributed by atoms with Gasteiger partial charge in [-0.2, -0.15) is 0 Å². The molecule has 2 heterocycles. The predicted octanol–water partition coefficient (Wildman–Crippen LogP) is 7.06. The number of pyridine rings is 1. The van der Waals surface area contributed by atoms with Gasteiger partial charge in [0.25, 0.3) is 0 Å². The number of rotatable bonds is 2. The number of aryl methyl sites for hydroxylation is 2. The molecular weight excluding hydrogens is 378 g/mol. The molecule has 2 heteroatoms. The number of nitrogens with zero attached hydrogens (tertiary/aromatic N) is 1. The Kier molecular flexibility index (Phi) is 4.89. The van der Waals surface area contributed by atoms with Crippen LogP contribution in [0.2, 0.25) is 13.1 Å². The van der Waals surface area contributed by atoms with Gasteiger partial charge in [-0.15, -0.1) is 0 Å². The minimum Gasteiger partial charge on any atom is -0.256 e. The van der Waals surface area contributed by atoms with Crippen molar-refractivity contribution in [2.45, 2.75) is 60.1 Å². The summed E-state index contributed by atoms with van der Waals surface area (Å²) in [6, 6.07) is 18.3. The van der Waals surface area contributed by atoms with Crippen molar-refractivity contribution in [1.29, 1.82) is 0 Å². The first-order valence-electron chi connectivity index (χ1n) is 10.9. The Labute approximate surface area is 182 Å². The summed E-state index contributed by atoms with van der Waals surface area (Å²) >= 11 is 0. The molecule has 0 saturated carbocycles. The van der Waals surface area contributed by atoms with Crippen molar-refractivity contribution in [2.24, 2.45) is 0 Å². The Balaban J connectivity index is 1.87. The Morgan fingerprint density at radius 1 is 0.767 bits per heavy atom. The summed E-state index contributed by atoms with van der Waals surface area (Å²) in [5, 5.41) is 3.04. The van der Waals surface area contributed by atoms with Gasteiger partial charge in [0.05, 0.1) is 5.69 Å². The van der Waals surface area contributed by atoms with E-state index in [1.54, 1.807) is 5.20 Å². The average Bonchev–Trinajstić information content (AvgIpc) is 2.86. The number of benzene rings is 2. The zero-order valence-corrected chi connectivity index (χ0v) is 20.6. The van der Waals surface area contributed by atoms with Gasteiger partial charge < -0.3 is 0 Å². The largest absolute Gasteiger partial charge is 0.256 e. The summed E-state index contributed by atoms with van der Waals surface area (Å²) in [5.41, 5.74) is 10.8. The average molecular weight is 412 g/mol. The standard InChI is InChI=1S/C28H33NSi/c1-18-15-19(2)17-22(16-18)25-27-24(13-14-29-25)20(3)26(30(27,7)8)21-9-11-23(12-10-21)28(4,5)6/h9-17H,1-8H3. The fraction of sp³-hybridized carbons (Fsp3) is 0.321. The van der Waals surface area contributed by atoms with Gasteiger partial charge in [0.1, 0.15) is 8.07 Å². The molecule has 0 spiro atoms. The quantitative estimate of drug-likeness (QED) is 0.411. The summed E-state index contributed by atoms with van der Waals surface area (Å²) in [6.45, 7) is 18.5. The minimum atomic E-state index is -1.90. The molecule has 3 aromatic rings. The van der Waals surface area contributed by atoms with E-state index in [1.807, 2.05) is 6.20 Å². The molecule has 0 amide bonds. The molecule has 4 rings (SSSR count). The van der Waals surface area contributed by atoms with Crippen LogP contribution in [0.3, 0.4) is 0 Å². The Morgan fingerprint density at radius 2 is 1.37 bits per heavy atom. The third-order valence-corrected chi connectivity index (χ3v) is 10.2. The maximum atomic E-state index is 4.92. The number of aromatic nitrogens is 1. The van der Waals surface area contributed by atoms with E-state index in [9.17, 15) is 0 Å². The van der Waals surface area contributed by atoms with Crippen LogP contribution in [0.5, 0.6) is 0 Å². The van der Waals surface area contributed by atoms with Crippen LogP contribution in [-0.4, -0.2) is 13.1 Å². The second-order valence-electron chi connectivity index (χ2n) is 10.4. The first-order valence-corrected chi connectivity index (χ1v) is 13.9. The third kappa shape index (κ3) is 3.37. The molecule has 154 valence electrons. The van der Waals surface area contributed by atoms with Crippen LogP contribution >= 0.6 is 0 Å². The van der Waals surface area contributed by atoms with E-state index < -0.39 is 8.07 Å². The van der Waals surface area contributed by atoms with Gasteiger partial charge in [-0.1, -0.05) is 75.3 Å². The lowest BCUT2D eigenvalue weighted by Crippen LogP contribution is -2.42. The molecule has 1 aromatic heterocycles. The number of fused-ring (bicyclic) bond motifs is 1. The topological polar surface area (TPSA) is 12.9 Å². The van der Waals surface area contributed by atoms with Crippen LogP contribution < -0.4 is 5.19 Å². The Hall–Kier alpha value is -2.45. The molecule has 0 aliphatic carbocycles. The van der Waals surface area contributed by atoms with Gasteiger partial charge in [-0.25, -0.2) is 0 Å². The molecule has 0 bridgehead atoms. The van der Waals surface area contributed by atoms with Crippen molar-refractivity contribution in [3.63, 3.8) is 0 Å². The lowest BCUT2D eigenvalue weighted by atomic mass is 9.86. The van der Waals surface area contributed by atoms with E-state index >= 15 is 0 Å². The van der Waals surface area contributed by atoms with E-state index in [2.05, 4.69) is 103 Å². The number of allylic oxidation sites excluding steroid dienone is 1. The van der Waals surface area contributed by atoms with Crippen LogP contribution in [0.4, 0.5) is 0 Å². The van der Waals surface area contributed by atoms with Crippen molar-refractivity contribution < 1.29 is 0 Å². The summed E-state index contributed by atoms with van der Waals surface area (Å²) < 4.78 is 0. The number of hydrogen-bond acceptors (Lipinski definition) is 1. The maximum Gasteiger partial charge on any atom is 0.117 e. The summed E-state index contributed by atoms with van der Waals surface area (Å²) in [4.78, 5) is 4.92. The predicted molar refractivity (Wildman–Crippen MR) is 134 cm³/mol. The second-order valence-corrected chi connectivity index (χ2v) is 14.7. The smallest absolute Gasteiger partial charge is 0.117 e. The van der Waals surface area contributed by atoms with Gasteiger partial charge in [-0.3, -0.25) is 4.98 Å². The number of hydrogen-bond donors (Lipinski definition) is 0. The van der Waals surface area contributed by atoms with Crippen molar-refractivity contribution in [3.05, 3.63) is 82.5 Å². The molecule has 2 aromatic carbocycles. The van der Waals surface area contributed by atoms with Crippen LogP contribution in [-0.2, 0) is 5.41 Å². The Morgan fingerprint density at radius 3 is 1.93 bits per heavy atom. The van der Waals surface area contributed by atoms with Gasteiger partial charge in [0, 0.05) is 11.8 Å². The fourth-order valence-electron chi connectivity index (χ4n) is 5.18. The van der Waals surface area contributed by atoms with Gasteiger partial charge in [-0.05, 0) is 77.0 Å². The molecule has 0 radical (unpaired) electrons. The van der Waals surface area contributed by atoms with Crippen molar-refractivity contribution in [1.82, 2.24) is 4.98 Å². The summed E-state index contributed by atoms with van der Waals surface area (Å²) in [7, 11) is -1.90. The Bertz CT molecular complexity index is 1140. The monoisotopic (exact) mass is 411 g/mol. The highest BCUT2D eigenvalue weighted by Crippen LogP contribution is 2.42. The van der Waals surface area contributed by atoms with Crippen LogP contribution in [0, 0.1) is 13.8 Å². The van der Waals surface area contributed by atoms with E-state index in [1.165, 1.54) is 49.8 Å². The molecule has 1 nitrogen and oxygen atoms in total. The van der Waals surface area contributed by atoms with E-state index in [-0.39, 0.29) is 5.41 Å². The minimum absolute atomic E-state index is 0.174. The van der Waals surface area contributed by atoms with Crippen molar-refractivity contribution in [3.8, 4) is 11.3 Å². The zero-order chi connectivity index (χ0) is 21.8. The highest BCUT2D eigenvalue weighted by atomic mass is 28.3. The molecule has 1 aliphatic rings. The van der Waals surface area contributed by atoms with Gasteiger partial charge in [0.15, 0.2) is 0 Å². The molecule has 1 aliphatic heterocycles. The van der Waals surface area contributed by atoms with E-state index in [4.69, 9.17) is 4.98 Å². The lowest BCUT2D eigenvalue weighted by molar-refractivity contribution is 0.590. The van der Waals surface area contributed by atoms with Crippen molar-refractivity contribution in [2.75, 3.05) is 0 Å². The third-order valence-electron chi connectivity index (χ3n) is 6.51. The first kappa shape index (κ1) is 20.8. The first-order chi connectivity index (χ1) is 14.0. The highest BCUT2D eigenvalue weighted by molar-refractivity contribution is 7.08. The van der Waals surface area contributed by atoms with Gasteiger partial charge in [0.2, 0.25) is 0 Å². The fourth-order valence-corrected chi connectivity index (χ4v) is 9.14. The SMILES string of the molecule is CC1=C(c2ccc(C(C)(C)C)cc2)[Si](C)(C)c2c1ccnc2-c1cc(C)cc(C)c1. The summed E-state index contributed by atoms with van der Waals surface area (Å²) in [5.74, 6) is 0. The van der Waals surface area contributed by atoms with Crippen LogP contribution in [0.15, 0.2) is 54.7 Å². The van der Waals surface area contributed by atoms with Crippen LogP contribution in [0.25, 0.3) is 22.0 Å². The van der Waals surface area contributed by atoms with E-state index in [0.717, 1.165) is 0 Å². The van der Waals surface area contributed by atoms with E-state index in [0.29, 0.717) is 0 Å². The normalized spacial score (nSPS) is 15.5. The summed E-state index contributed by atoms with van der Waals surface area (Å²) in [6.07, 6.45) is 1.99. The molecule has 30 heavy (non-hydrogen) atoms. The zero-order valence-electron chi connectivity index (χ0n) is 19.6. The molecule has 0 fully saturated rings. The molecule has 0 atom stereocenters. The molecule has 0 N–H and O–H groups in total.